The van der Waals surface area contributed by atoms with E-state index in [0.29, 0.717) is 0 Å². The summed E-state index contributed by atoms with van der Waals surface area (Å²) >= 11 is 0. The van der Waals surface area contributed by atoms with Crippen molar-refractivity contribution in [1.29, 1.82) is 0 Å². The molecule has 3 rings (SSSR count). The SMILES string of the molecule is CC(C)(C)[Si](O[C@@H]1[C@@H](O)[C@H](O)[C@@H](CO)O[C@H]1O)(c1ccccc1)c1ccccc1. The molecule has 6 nitrogen and oxygen atoms in total. The molecule has 158 valence electrons. The van der Waals surface area contributed by atoms with Gasteiger partial charge in [0.1, 0.15) is 24.4 Å². The summed E-state index contributed by atoms with van der Waals surface area (Å²) in [4.78, 5) is 0. The molecule has 5 atom stereocenters. The van der Waals surface area contributed by atoms with Gasteiger partial charge in [0, 0.05) is 0 Å². The highest BCUT2D eigenvalue weighted by Gasteiger charge is 2.55. The first-order valence-corrected chi connectivity index (χ1v) is 11.7. The molecule has 0 saturated carbocycles. The third-order valence-corrected chi connectivity index (χ3v) is 10.6. The lowest BCUT2D eigenvalue weighted by molar-refractivity contribution is -0.282. The summed E-state index contributed by atoms with van der Waals surface area (Å²) in [6.45, 7) is 5.72. The van der Waals surface area contributed by atoms with Crippen LogP contribution in [0.5, 0.6) is 0 Å². The fourth-order valence-electron chi connectivity index (χ4n) is 4.09. The fraction of sp³-hybridized carbons (Fsp3) is 0.455. The van der Waals surface area contributed by atoms with Crippen LogP contribution in [-0.4, -0.2) is 66.1 Å². The molecular weight excluding hydrogens is 388 g/mol. The summed E-state index contributed by atoms with van der Waals surface area (Å²) in [6, 6.07) is 19.6. The van der Waals surface area contributed by atoms with Crippen molar-refractivity contribution in [3.63, 3.8) is 0 Å². The van der Waals surface area contributed by atoms with Gasteiger partial charge in [0.15, 0.2) is 6.29 Å². The molecule has 0 aromatic heterocycles. The molecule has 2 aromatic rings. The zero-order valence-electron chi connectivity index (χ0n) is 17.0. The van der Waals surface area contributed by atoms with Gasteiger partial charge in [0.2, 0.25) is 0 Å². The van der Waals surface area contributed by atoms with E-state index in [1.807, 2.05) is 60.7 Å². The Kier molecular flexibility index (Phi) is 6.60. The van der Waals surface area contributed by atoms with E-state index in [1.54, 1.807) is 0 Å². The fourth-order valence-corrected chi connectivity index (χ4v) is 8.77. The summed E-state index contributed by atoms with van der Waals surface area (Å²) < 4.78 is 12.0. The summed E-state index contributed by atoms with van der Waals surface area (Å²) in [6.07, 6.45) is -6.49. The Balaban J connectivity index is 2.14. The van der Waals surface area contributed by atoms with E-state index in [2.05, 4.69) is 20.8 Å². The summed E-state index contributed by atoms with van der Waals surface area (Å²) in [5, 5.41) is 42.6. The van der Waals surface area contributed by atoms with Crippen LogP contribution in [0.4, 0.5) is 0 Å². The van der Waals surface area contributed by atoms with E-state index in [-0.39, 0.29) is 5.04 Å². The quantitative estimate of drug-likeness (QED) is 0.524. The highest BCUT2D eigenvalue weighted by atomic mass is 28.4. The van der Waals surface area contributed by atoms with Gasteiger partial charge in [-0.05, 0) is 15.4 Å². The lowest BCUT2D eigenvalue weighted by atomic mass is 9.99. The molecule has 1 fully saturated rings. The van der Waals surface area contributed by atoms with Crippen molar-refractivity contribution < 1.29 is 29.6 Å². The van der Waals surface area contributed by atoms with Crippen molar-refractivity contribution in [2.75, 3.05) is 6.61 Å². The number of ether oxygens (including phenoxy) is 1. The second-order valence-corrected chi connectivity index (χ2v) is 12.7. The molecule has 7 heteroatoms. The standard InChI is InChI=1S/C22H30O6Si/c1-22(2,3)29(15-10-6-4-7-11-15,16-12-8-5-9-13-16)28-20-19(25)18(24)17(14-23)27-21(20)26/h4-13,17-21,23-26H,14H2,1-3H3/t17-,18-,19+,20-,21-/m1/s1. The van der Waals surface area contributed by atoms with Crippen molar-refractivity contribution in [1.82, 2.24) is 0 Å². The Labute approximate surface area is 172 Å². The number of hydrogen-bond donors (Lipinski definition) is 4. The van der Waals surface area contributed by atoms with E-state index in [1.165, 1.54) is 0 Å². The number of aliphatic hydroxyl groups is 4. The molecule has 0 spiro atoms. The average molecular weight is 419 g/mol. The minimum atomic E-state index is -3.06. The van der Waals surface area contributed by atoms with Crippen molar-refractivity contribution in [3.05, 3.63) is 60.7 Å². The van der Waals surface area contributed by atoms with Crippen LogP contribution in [0.3, 0.4) is 0 Å². The maximum atomic E-state index is 10.7. The molecule has 1 heterocycles. The van der Waals surface area contributed by atoms with Gasteiger partial charge in [0.25, 0.3) is 8.32 Å². The predicted molar refractivity (Wildman–Crippen MR) is 112 cm³/mol. The normalized spacial score (nSPS) is 28.3. The number of hydrogen-bond acceptors (Lipinski definition) is 6. The number of benzene rings is 2. The molecule has 1 aliphatic rings. The Morgan fingerprint density at radius 2 is 1.34 bits per heavy atom. The van der Waals surface area contributed by atoms with Crippen LogP contribution >= 0.6 is 0 Å². The maximum absolute atomic E-state index is 10.7. The molecule has 0 radical (unpaired) electrons. The van der Waals surface area contributed by atoms with Crippen LogP contribution in [-0.2, 0) is 9.16 Å². The lowest BCUT2D eigenvalue weighted by Gasteiger charge is -2.49. The molecule has 0 unspecified atom stereocenters. The molecule has 0 aliphatic carbocycles. The van der Waals surface area contributed by atoms with Gasteiger partial charge >= 0.3 is 0 Å². The van der Waals surface area contributed by atoms with Crippen LogP contribution in [0.2, 0.25) is 5.04 Å². The second-order valence-electron chi connectivity index (χ2n) is 8.47. The minimum Gasteiger partial charge on any atom is -0.396 e. The first-order valence-electron chi connectivity index (χ1n) is 9.82. The van der Waals surface area contributed by atoms with Crippen molar-refractivity contribution in [2.45, 2.75) is 56.5 Å². The van der Waals surface area contributed by atoms with E-state index >= 15 is 0 Å². The van der Waals surface area contributed by atoms with Gasteiger partial charge in [-0.2, -0.15) is 0 Å². The predicted octanol–water partition coefficient (Wildman–Crippen LogP) is 0.363. The van der Waals surface area contributed by atoms with Crippen molar-refractivity contribution >= 4 is 18.7 Å². The van der Waals surface area contributed by atoms with Gasteiger partial charge in [-0.1, -0.05) is 81.4 Å². The monoisotopic (exact) mass is 418 g/mol. The van der Waals surface area contributed by atoms with Gasteiger partial charge in [0.05, 0.1) is 6.61 Å². The Morgan fingerprint density at radius 1 is 0.862 bits per heavy atom. The van der Waals surface area contributed by atoms with Crippen LogP contribution in [0, 0.1) is 0 Å². The lowest BCUT2D eigenvalue weighted by Crippen LogP contribution is -2.71. The maximum Gasteiger partial charge on any atom is 0.261 e. The zero-order valence-corrected chi connectivity index (χ0v) is 18.0. The first kappa shape index (κ1) is 22.1. The topological polar surface area (TPSA) is 99.4 Å². The van der Waals surface area contributed by atoms with E-state index in [4.69, 9.17) is 9.16 Å². The molecule has 1 aliphatic heterocycles. The Bertz CT molecular complexity index is 739. The molecule has 29 heavy (non-hydrogen) atoms. The van der Waals surface area contributed by atoms with Crippen LogP contribution < -0.4 is 10.4 Å². The number of rotatable bonds is 5. The third kappa shape index (κ3) is 4.04. The first-order chi connectivity index (χ1) is 13.7. The van der Waals surface area contributed by atoms with Crippen molar-refractivity contribution in [3.8, 4) is 0 Å². The molecule has 0 bridgehead atoms. The van der Waals surface area contributed by atoms with E-state index in [9.17, 15) is 20.4 Å². The molecule has 0 amide bonds. The Hall–Kier alpha value is -1.58. The van der Waals surface area contributed by atoms with Crippen LogP contribution in [0.1, 0.15) is 20.8 Å². The minimum absolute atomic E-state index is 0.367. The van der Waals surface area contributed by atoms with Gasteiger partial charge in [-0.3, -0.25) is 0 Å². The molecule has 2 aromatic carbocycles. The van der Waals surface area contributed by atoms with Crippen molar-refractivity contribution in [2.24, 2.45) is 0 Å². The second kappa shape index (κ2) is 8.65. The van der Waals surface area contributed by atoms with E-state index < -0.39 is 45.6 Å². The largest absolute Gasteiger partial charge is 0.396 e. The summed E-state index contributed by atoms with van der Waals surface area (Å²) in [5.41, 5.74) is 0. The van der Waals surface area contributed by atoms with Gasteiger partial charge in [-0.25, -0.2) is 0 Å². The van der Waals surface area contributed by atoms with Gasteiger partial charge < -0.3 is 29.6 Å². The van der Waals surface area contributed by atoms with Crippen LogP contribution in [0.25, 0.3) is 0 Å². The summed E-state index contributed by atoms with van der Waals surface area (Å²) in [7, 11) is -3.06. The zero-order chi connectivity index (χ0) is 21.2. The highest BCUT2D eigenvalue weighted by Crippen LogP contribution is 2.39. The molecule has 4 N–H and O–H groups in total. The Morgan fingerprint density at radius 3 is 1.76 bits per heavy atom. The summed E-state index contributed by atoms with van der Waals surface area (Å²) in [5.74, 6) is 0. The average Bonchev–Trinajstić information content (AvgIpc) is 2.71. The number of aliphatic hydroxyl groups excluding tert-OH is 4. The molecule has 1 saturated heterocycles. The smallest absolute Gasteiger partial charge is 0.261 e. The van der Waals surface area contributed by atoms with E-state index in [0.717, 1.165) is 10.4 Å². The van der Waals surface area contributed by atoms with Crippen LogP contribution in [0.15, 0.2) is 60.7 Å². The van der Waals surface area contributed by atoms with Gasteiger partial charge in [-0.15, -0.1) is 0 Å². The highest BCUT2D eigenvalue weighted by molar-refractivity contribution is 6.99. The molecular formula is C22H30O6Si. The third-order valence-electron chi connectivity index (χ3n) is 5.57.